The van der Waals surface area contributed by atoms with Gasteiger partial charge in [0.15, 0.2) is 5.82 Å². The van der Waals surface area contributed by atoms with Crippen molar-refractivity contribution in [3.8, 4) is 0 Å². The molecule has 4 nitrogen and oxygen atoms in total. The highest BCUT2D eigenvalue weighted by Gasteiger charge is 2.33. The zero-order chi connectivity index (χ0) is 15.7. The molecule has 2 aromatic rings. The van der Waals surface area contributed by atoms with E-state index < -0.39 is 5.41 Å². The Hall–Kier alpha value is -1.75. The fourth-order valence-electron chi connectivity index (χ4n) is 2.24. The lowest BCUT2D eigenvalue weighted by Crippen LogP contribution is -2.36. The second-order valence-electron chi connectivity index (χ2n) is 6.21. The predicted molar refractivity (Wildman–Crippen MR) is 79.5 cm³/mol. The van der Waals surface area contributed by atoms with Crippen LogP contribution in [-0.4, -0.2) is 16.7 Å². The molecular formula is C16H22FN3O. The Morgan fingerprint density at radius 2 is 1.76 bits per heavy atom. The summed E-state index contributed by atoms with van der Waals surface area (Å²) in [5, 5.41) is 7.42. The van der Waals surface area contributed by atoms with E-state index in [9.17, 15) is 4.39 Å². The molecule has 0 saturated heterocycles. The normalized spacial score (nSPS) is 12.7. The number of rotatable bonds is 5. The van der Waals surface area contributed by atoms with Crippen molar-refractivity contribution < 1.29 is 8.91 Å². The first kappa shape index (κ1) is 15.6. The molecule has 0 amide bonds. The molecule has 0 fully saturated rings. The van der Waals surface area contributed by atoms with Gasteiger partial charge in [0.1, 0.15) is 5.82 Å². The number of nitrogens with zero attached hydrogens (tertiary/aromatic N) is 2. The second-order valence-corrected chi connectivity index (χ2v) is 6.21. The van der Waals surface area contributed by atoms with Crippen LogP contribution in [0.5, 0.6) is 0 Å². The lowest BCUT2D eigenvalue weighted by atomic mass is 9.84. The van der Waals surface area contributed by atoms with E-state index in [2.05, 4.69) is 15.5 Å². The molecule has 0 aliphatic carbocycles. The smallest absolute Gasteiger partial charge is 0.246 e. The van der Waals surface area contributed by atoms with Crippen molar-refractivity contribution in [2.24, 2.45) is 0 Å². The van der Waals surface area contributed by atoms with Gasteiger partial charge in [0.2, 0.25) is 5.89 Å². The van der Waals surface area contributed by atoms with Gasteiger partial charge in [-0.15, -0.1) is 0 Å². The van der Waals surface area contributed by atoms with Crippen molar-refractivity contribution in [3.05, 3.63) is 47.4 Å². The van der Waals surface area contributed by atoms with Crippen molar-refractivity contribution in [3.63, 3.8) is 0 Å². The van der Waals surface area contributed by atoms with Crippen molar-refractivity contribution in [2.45, 2.75) is 45.6 Å². The van der Waals surface area contributed by atoms with Crippen LogP contribution in [0, 0.1) is 5.82 Å². The van der Waals surface area contributed by atoms with E-state index in [-0.39, 0.29) is 11.4 Å². The first-order chi connectivity index (χ1) is 9.77. The Bertz CT molecular complexity index is 602. The summed E-state index contributed by atoms with van der Waals surface area (Å²) in [6, 6.07) is 6.39. The van der Waals surface area contributed by atoms with Crippen LogP contribution in [0.4, 0.5) is 4.39 Å². The molecule has 0 aliphatic rings. The van der Waals surface area contributed by atoms with Crippen LogP contribution < -0.4 is 5.32 Å². The molecule has 21 heavy (non-hydrogen) atoms. The Morgan fingerprint density at radius 3 is 2.33 bits per heavy atom. The van der Waals surface area contributed by atoms with Gasteiger partial charge < -0.3 is 9.84 Å². The van der Waals surface area contributed by atoms with Gasteiger partial charge >= 0.3 is 0 Å². The molecule has 0 aliphatic heterocycles. The number of nitrogens with one attached hydrogen (secondary N) is 1. The van der Waals surface area contributed by atoms with Crippen LogP contribution in [0.3, 0.4) is 0 Å². The molecule has 1 aromatic heterocycles. The number of benzene rings is 1. The summed E-state index contributed by atoms with van der Waals surface area (Å²) in [6.45, 7) is 10.8. The Labute approximate surface area is 124 Å². The summed E-state index contributed by atoms with van der Waals surface area (Å²) < 4.78 is 18.5. The van der Waals surface area contributed by atoms with E-state index in [1.807, 2.05) is 34.6 Å². The Morgan fingerprint density at radius 1 is 1.14 bits per heavy atom. The zero-order valence-corrected chi connectivity index (χ0v) is 13.2. The van der Waals surface area contributed by atoms with Gasteiger partial charge in [-0.05, 0) is 51.9 Å². The van der Waals surface area contributed by atoms with Crippen molar-refractivity contribution in [2.75, 3.05) is 6.54 Å². The zero-order valence-electron chi connectivity index (χ0n) is 13.2. The van der Waals surface area contributed by atoms with Crippen molar-refractivity contribution in [1.29, 1.82) is 0 Å². The standard InChI is InChI=1S/C16H22FN3O/c1-6-18-16(4,5)14-19-13(20-21-14)15(2,3)11-7-9-12(17)10-8-11/h7-10,18H,6H2,1-5H3. The van der Waals surface area contributed by atoms with E-state index in [1.54, 1.807) is 12.1 Å². The molecule has 2 rings (SSSR count). The molecule has 0 unspecified atom stereocenters. The van der Waals surface area contributed by atoms with Crippen molar-refractivity contribution in [1.82, 2.24) is 15.5 Å². The SMILES string of the molecule is CCNC(C)(C)c1nc(C(C)(C)c2ccc(F)cc2)no1. The van der Waals surface area contributed by atoms with E-state index in [4.69, 9.17) is 4.52 Å². The molecule has 0 bridgehead atoms. The average Bonchev–Trinajstić information content (AvgIpc) is 2.90. The fraction of sp³-hybridized carbons (Fsp3) is 0.500. The first-order valence-corrected chi connectivity index (χ1v) is 7.13. The Kier molecular flexibility index (Phi) is 4.14. The van der Waals surface area contributed by atoms with Gasteiger partial charge in [-0.2, -0.15) is 4.98 Å². The minimum atomic E-state index is -0.447. The number of hydrogen-bond acceptors (Lipinski definition) is 4. The average molecular weight is 291 g/mol. The molecular weight excluding hydrogens is 269 g/mol. The third-order valence-electron chi connectivity index (χ3n) is 3.70. The first-order valence-electron chi connectivity index (χ1n) is 7.13. The van der Waals surface area contributed by atoms with Gasteiger partial charge in [-0.1, -0.05) is 24.2 Å². The van der Waals surface area contributed by atoms with E-state index in [0.29, 0.717) is 11.7 Å². The number of aromatic nitrogens is 2. The molecule has 0 saturated carbocycles. The highest BCUT2D eigenvalue weighted by Crippen LogP contribution is 2.30. The largest absolute Gasteiger partial charge is 0.337 e. The van der Waals surface area contributed by atoms with Crippen LogP contribution in [0.15, 0.2) is 28.8 Å². The summed E-state index contributed by atoms with van der Waals surface area (Å²) in [7, 11) is 0. The fourth-order valence-corrected chi connectivity index (χ4v) is 2.24. The maximum Gasteiger partial charge on any atom is 0.246 e. The summed E-state index contributed by atoms with van der Waals surface area (Å²) in [4.78, 5) is 4.54. The number of halogens is 1. The minimum absolute atomic E-state index is 0.253. The summed E-state index contributed by atoms with van der Waals surface area (Å²) in [6.07, 6.45) is 0. The van der Waals surface area contributed by atoms with Gasteiger partial charge in [-0.3, -0.25) is 0 Å². The number of hydrogen-bond donors (Lipinski definition) is 1. The molecule has 1 heterocycles. The summed E-state index contributed by atoms with van der Waals surface area (Å²) in [5.41, 5.74) is 0.119. The second kappa shape index (κ2) is 5.56. The molecule has 1 aromatic carbocycles. The third kappa shape index (κ3) is 3.13. The van der Waals surface area contributed by atoms with E-state index in [0.717, 1.165) is 12.1 Å². The van der Waals surface area contributed by atoms with Crippen LogP contribution >= 0.6 is 0 Å². The minimum Gasteiger partial charge on any atom is -0.337 e. The predicted octanol–water partition coefficient (Wildman–Crippen LogP) is 3.38. The van der Waals surface area contributed by atoms with Gasteiger partial charge in [0.05, 0.1) is 11.0 Å². The molecule has 1 N–H and O–H groups in total. The van der Waals surface area contributed by atoms with Gasteiger partial charge in [-0.25, -0.2) is 4.39 Å². The van der Waals surface area contributed by atoms with Crippen molar-refractivity contribution >= 4 is 0 Å². The third-order valence-corrected chi connectivity index (χ3v) is 3.70. The maximum absolute atomic E-state index is 13.1. The summed E-state index contributed by atoms with van der Waals surface area (Å²) >= 11 is 0. The topological polar surface area (TPSA) is 51.0 Å². The molecule has 0 radical (unpaired) electrons. The van der Waals surface area contributed by atoms with Gasteiger partial charge in [0, 0.05) is 0 Å². The van der Waals surface area contributed by atoms with Crippen LogP contribution in [0.1, 0.15) is 51.9 Å². The highest BCUT2D eigenvalue weighted by molar-refractivity contribution is 5.30. The quantitative estimate of drug-likeness (QED) is 0.917. The lowest BCUT2D eigenvalue weighted by molar-refractivity contribution is 0.269. The molecule has 114 valence electrons. The lowest BCUT2D eigenvalue weighted by Gasteiger charge is -2.22. The van der Waals surface area contributed by atoms with E-state index >= 15 is 0 Å². The summed E-state index contributed by atoms with van der Waals surface area (Å²) in [5.74, 6) is 0.890. The van der Waals surface area contributed by atoms with Crippen LogP contribution in [0.25, 0.3) is 0 Å². The van der Waals surface area contributed by atoms with Crippen LogP contribution in [0.2, 0.25) is 0 Å². The highest BCUT2D eigenvalue weighted by atomic mass is 19.1. The van der Waals surface area contributed by atoms with Crippen LogP contribution in [-0.2, 0) is 11.0 Å². The molecule has 5 heteroatoms. The van der Waals surface area contributed by atoms with Gasteiger partial charge in [0.25, 0.3) is 0 Å². The molecule has 0 spiro atoms. The maximum atomic E-state index is 13.1. The van der Waals surface area contributed by atoms with E-state index in [1.165, 1.54) is 12.1 Å². The molecule has 0 atom stereocenters. The monoisotopic (exact) mass is 291 g/mol. The Balaban J connectivity index is 2.33.